The number of anilines is 2. The average molecular weight is 412 g/mol. The highest BCUT2D eigenvalue weighted by molar-refractivity contribution is 5.96. The number of nitrogens with zero attached hydrogens (tertiary/aromatic N) is 2. The summed E-state index contributed by atoms with van der Waals surface area (Å²) >= 11 is 0. The van der Waals surface area contributed by atoms with Crippen molar-refractivity contribution < 1.29 is 19.2 Å². The minimum absolute atomic E-state index is 0.0277. The van der Waals surface area contributed by atoms with Crippen molar-refractivity contribution in [3.63, 3.8) is 0 Å². The van der Waals surface area contributed by atoms with E-state index in [1.165, 1.54) is 12.1 Å². The Labute approximate surface area is 174 Å². The Kier molecular flexibility index (Phi) is 6.51. The van der Waals surface area contributed by atoms with Crippen molar-refractivity contribution in [3.8, 4) is 5.75 Å². The van der Waals surface area contributed by atoms with Gasteiger partial charge in [-0.3, -0.25) is 19.7 Å². The smallest absolute Gasteiger partial charge is 0.274 e. The maximum atomic E-state index is 12.7. The molecule has 2 aromatic rings. The summed E-state index contributed by atoms with van der Waals surface area (Å²) < 4.78 is 5.82. The minimum atomic E-state index is -0.737. The largest absolute Gasteiger partial charge is 0.477 e. The van der Waals surface area contributed by atoms with Crippen molar-refractivity contribution in [1.82, 2.24) is 5.32 Å². The zero-order valence-electron chi connectivity index (χ0n) is 16.9. The van der Waals surface area contributed by atoms with Crippen LogP contribution in [-0.4, -0.2) is 42.5 Å². The first kappa shape index (κ1) is 21.1. The van der Waals surface area contributed by atoms with Crippen molar-refractivity contribution >= 4 is 28.9 Å². The van der Waals surface area contributed by atoms with Crippen LogP contribution in [0, 0.1) is 17.0 Å². The number of hydrogen-bond acceptors (Lipinski definition) is 6. The second-order valence-electron chi connectivity index (χ2n) is 7.00. The van der Waals surface area contributed by atoms with Gasteiger partial charge in [0.1, 0.15) is 5.75 Å². The Morgan fingerprint density at radius 2 is 2.00 bits per heavy atom. The van der Waals surface area contributed by atoms with Crippen LogP contribution in [0.3, 0.4) is 0 Å². The summed E-state index contributed by atoms with van der Waals surface area (Å²) in [5.41, 5.74) is 1.42. The predicted octanol–water partition coefficient (Wildman–Crippen LogP) is 2.64. The molecule has 0 aromatic heterocycles. The van der Waals surface area contributed by atoms with E-state index in [1.54, 1.807) is 30.0 Å². The molecule has 1 heterocycles. The summed E-state index contributed by atoms with van der Waals surface area (Å²) in [7, 11) is 0. The van der Waals surface area contributed by atoms with Crippen LogP contribution < -0.4 is 20.3 Å². The molecule has 30 heavy (non-hydrogen) atoms. The maximum absolute atomic E-state index is 12.7. The van der Waals surface area contributed by atoms with E-state index >= 15 is 0 Å². The van der Waals surface area contributed by atoms with E-state index in [9.17, 15) is 19.7 Å². The van der Waals surface area contributed by atoms with Gasteiger partial charge < -0.3 is 20.3 Å². The number of benzene rings is 2. The molecule has 2 aromatic carbocycles. The Bertz CT molecular complexity index is 962. The van der Waals surface area contributed by atoms with Crippen molar-refractivity contribution in [3.05, 3.63) is 58.1 Å². The van der Waals surface area contributed by atoms with Gasteiger partial charge in [-0.2, -0.15) is 0 Å². The summed E-state index contributed by atoms with van der Waals surface area (Å²) in [5, 5.41) is 16.7. The number of fused-ring (bicyclic) bond motifs is 1. The fraction of sp³-hybridized carbons (Fsp3) is 0.333. The van der Waals surface area contributed by atoms with Gasteiger partial charge in [-0.1, -0.05) is 25.1 Å². The Morgan fingerprint density at radius 1 is 1.23 bits per heavy atom. The summed E-state index contributed by atoms with van der Waals surface area (Å²) in [6.07, 6.45) is 0.0720. The molecule has 158 valence electrons. The fourth-order valence-corrected chi connectivity index (χ4v) is 3.28. The summed E-state index contributed by atoms with van der Waals surface area (Å²) in [5.74, 6) is -0.0472. The number of amides is 2. The number of carbonyl (C=O) groups is 2. The summed E-state index contributed by atoms with van der Waals surface area (Å²) in [4.78, 5) is 37.5. The number of nitro groups is 1. The SMILES string of the molecule is CCCNC(=O)[C@H]1CN(CC(=O)Nc2cccc([N+](=O)[O-])c2C)c2ccccc2O1. The summed E-state index contributed by atoms with van der Waals surface area (Å²) in [6.45, 7) is 4.29. The third-order valence-corrected chi connectivity index (χ3v) is 4.81. The molecule has 0 fully saturated rings. The molecule has 0 spiro atoms. The number of ether oxygens (including phenoxy) is 1. The van der Waals surface area contributed by atoms with Gasteiger partial charge in [0.25, 0.3) is 11.6 Å². The molecular formula is C21H24N4O5. The molecule has 9 heteroatoms. The van der Waals surface area contributed by atoms with Gasteiger partial charge in [-0.25, -0.2) is 0 Å². The minimum Gasteiger partial charge on any atom is -0.477 e. The molecule has 0 saturated carbocycles. The second kappa shape index (κ2) is 9.25. The van der Waals surface area contributed by atoms with Crippen molar-refractivity contribution in [2.24, 2.45) is 0 Å². The van der Waals surface area contributed by atoms with Crippen LogP contribution in [0.4, 0.5) is 17.1 Å². The van der Waals surface area contributed by atoms with Gasteiger partial charge in [-0.05, 0) is 31.5 Å². The summed E-state index contributed by atoms with van der Waals surface area (Å²) in [6, 6.07) is 11.7. The number of para-hydroxylation sites is 2. The molecule has 9 nitrogen and oxygen atoms in total. The standard InChI is InChI=1S/C21H24N4O5/c1-3-11-22-21(27)19-12-24(17-8-4-5-10-18(17)30-19)13-20(26)23-15-7-6-9-16(14(15)2)25(28)29/h4-10,19H,3,11-13H2,1-2H3,(H,22,27)(H,23,26)/t19-/m1/s1. The first-order chi connectivity index (χ1) is 14.4. The molecule has 0 bridgehead atoms. The highest BCUT2D eigenvalue weighted by Gasteiger charge is 2.31. The van der Waals surface area contributed by atoms with Crippen molar-refractivity contribution in [1.29, 1.82) is 0 Å². The van der Waals surface area contributed by atoms with Crippen LogP contribution in [0.5, 0.6) is 5.75 Å². The lowest BCUT2D eigenvalue weighted by Gasteiger charge is -2.35. The number of nitro benzene ring substituents is 1. The van der Waals surface area contributed by atoms with E-state index in [2.05, 4.69) is 10.6 Å². The third-order valence-electron chi connectivity index (χ3n) is 4.81. The van der Waals surface area contributed by atoms with E-state index < -0.39 is 11.0 Å². The number of nitrogens with one attached hydrogen (secondary N) is 2. The monoisotopic (exact) mass is 412 g/mol. The molecule has 0 radical (unpaired) electrons. The fourth-order valence-electron chi connectivity index (χ4n) is 3.28. The highest BCUT2D eigenvalue weighted by atomic mass is 16.6. The first-order valence-electron chi connectivity index (χ1n) is 9.73. The molecular weight excluding hydrogens is 388 g/mol. The molecule has 0 saturated heterocycles. The Morgan fingerprint density at radius 3 is 2.73 bits per heavy atom. The molecule has 2 amide bonds. The van der Waals surface area contributed by atoms with Crippen LogP contribution in [0.2, 0.25) is 0 Å². The van der Waals surface area contributed by atoms with E-state index in [4.69, 9.17) is 4.74 Å². The van der Waals surface area contributed by atoms with Gasteiger partial charge >= 0.3 is 0 Å². The van der Waals surface area contributed by atoms with E-state index in [0.29, 0.717) is 29.2 Å². The topological polar surface area (TPSA) is 114 Å². The van der Waals surface area contributed by atoms with Crippen molar-refractivity contribution in [2.45, 2.75) is 26.4 Å². The second-order valence-corrected chi connectivity index (χ2v) is 7.00. The lowest BCUT2D eigenvalue weighted by Crippen LogP contribution is -2.50. The molecule has 3 rings (SSSR count). The lowest BCUT2D eigenvalue weighted by molar-refractivity contribution is -0.385. The average Bonchev–Trinajstić information content (AvgIpc) is 2.73. The zero-order chi connectivity index (χ0) is 21.7. The first-order valence-corrected chi connectivity index (χ1v) is 9.73. The highest BCUT2D eigenvalue weighted by Crippen LogP contribution is 2.33. The maximum Gasteiger partial charge on any atom is 0.274 e. The van der Waals surface area contributed by atoms with E-state index in [0.717, 1.165) is 6.42 Å². The van der Waals surface area contributed by atoms with Crippen LogP contribution in [-0.2, 0) is 9.59 Å². The molecule has 1 atom stereocenters. The van der Waals surface area contributed by atoms with Gasteiger partial charge in [0.2, 0.25) is 5.91 Å². The van der Waals surface area contributed by atoms with Gasteiger partial charge in [0.15, 0.2) is 6.10 Å². The lowest BCUT2D eigenvalue weighted by atomic mass is 10.1. The molecule has 0 aliphatic carbocycles. The van der Waals surface area contributed by atoms with Gasteiger partial charge in [0.05, 0.1) is 35.0 Å². The third kappa shape index (κ3) is 4.68. The van der Waals surface area contributed by atoms with Crippen LogP contribution in [0.25, 0.3) is 0 Å². The molecule has 1 aliphatic rings. The number of hydrogen-bond donors (Lipinski definition) is 2. The predicted molar refractivity (Wildman–Crippen MR) is 113 cm³/mol. The zero-order valence-corrected chi connectivity index (χ0v) is 16.9. The van der Waals surface area contributed by atoms with E-state index in [1.807, 2.05) is 19.1 Å². The van der Waals surface area contributed by atoms with Crippen LogP contribution in [0.15, 0.2) is 42.5 Å². The van der Waals surface area contributed by atoms with Crippen LogP contribution >= 0.6 is 0 Å². The van der Waals surface area contributed by atoms with Gasteiger partial charge in [-0.15, -0.1) is 0 Å². The molecule has 1 aliphatic heterocycles. The van der Waals surface area contributed by atoms with E-state index in [-0.39, 0.29) is 30.6 Å². The molecule has 0 unspecified atom stereocenters. The molecule has 2 N–H and O–H groups in total. The van der Waals surface area contributed by atoms with Crippen LogP contribution in [0.1, 0.15) is 18.9 Å². The quantitative estimate of drug-likeness (QED) is 0.534. The van der Waals surface area contributed by atoms with Crippen molar-refractivity contribution in [2.75, 3.05) is 29.9 Å². The Balaban J connectivity index is 1.76. The Hall–Kier alpha value is -3.62. The number of rotatable bonds is 7. The number of carbonyl (C=O) groups excluding carboxylic acids is 2. The van der Waals surface area contributed by atoms with Gasteiger partial charge in [0, 0.05) is 12.6 Å². The normalized spacial score (nSPS) is 15.0.